The van der Waals surface area contributed by atoms with E-state index in [4.69, 9.17) is 9.72 Å². The minimum absolute atomic E-state index is 0.0909. The number of halogens is 1. The third kappa shape index (κ3) is 5.96. The second-order valence-corrected chi connectivity index (χ2v) is 11.5. The van der Waals surface area contributed by atoms with Crippen LogP contribution in [0.25, 0.3) is 56.0 Å². The van der Waals surface area contributed by atoms with Gasteiger partial charge in [-0.25, -0.2) is 14.4 Å². The molecule has 0 atom stereocenters. The van der Waals surface area contributed by atoms with Gasteiger partial charge in [0.05, 0.1) is 29.3 Å². The highest BCUT2D eigenvalue weighted by molar-refractivity contribution is 5.97. The number of hydrogen-bond donors (Lipinski definition) is 3. The average molecular weight is 606 g/mol. The molecule has 5 aromatic heterocycles. The van der Waals surface area contributed by atoms with Gasteiger partial charge in [0.1, 0.15) is 29.4 Å². The van der Waals surface area contributed by atoms with Gasteiger partial charge in [-0.3, -0.25) is 24.8 Å². The fraction of sp³-hybridized carbons (Fsp3) is 0.273. The zero-order valence-electron chi connectivity index (χ0n) is 25.0. The lowest BCUT2D eigenvalue weighted by Gasteiger charge is -2.15. The summed E-state index contributed by atoms with van der Waals surface area (Å²) in [6, 6.07) is 10.3. The number of benzene rings is 1. The minimum Gasteiger partial charge on any atom is -0.492 e. The number of fused-ring (bicyclic) bond motifs is 2. The van der Waals surface area contributed by atoms with Crippen molar-refractivity contribution in [2.45, 2.75) is 26.7 Å². The van der Waals surface area contributed by atoms with Crippen LogP contribution in [0.3, 0.4) is 0 Å². The van der Waals surface area contributed by atoms with E-state index < -0.39 is 0 Å². The Hall–Kier alpha value is -5.23. The zero-order chi connectivity index (χ0) is 30.9. The Morgan fingerprint density at radius 1 is 1.07 bits per heavy atom. The maximum Gasteiger partial charge on any atom is 0.226 e. The van der Waals surface area contributed by atoms with Gasteiger partial charge in [-0.1, -0.05) is 13.8 Å². The van der Waals surface area contributed by atoms with Gasteiger partial charge < -0.3 is 15.0 Å². The molecular formula is C33H32FN9O2. The Morgan fingerprint density at radius 3 is 2.78 bits per heavy atom. The van der Waals surface area contributed by atoms with E-state index >= 15 is 0 Å². The van der Waals surface area contributed by atoms with Gasteiger partial charge in [-0.05, 0) is 61.8 Å². The van der Waals surface area contributed by atoms with E-state index in [0.29, 0.717) is 52.0 Å². The first-order chi connectivity index (χ1) is 21.9. The Morgan fingerprint density at radius 2 is 1.93 bits per heavy atom. The first-order valence-corrected chi connectivity index (χ1v) is 15.0. The van der Waals surface area contributed by atoms with E-state index in [1.54, 1.807) is 24.8 Å². The number of hydrogen-bond acceptors (Lipinski definition) is 8. The number of anilines is 1. The zero-order valence-corrected chi connectivity index (χ0v) is 25.0. The van der Waals surface area contributed by atoms with Crippen LogP contribution in [-0.2, 0) is 4.79 Å². The lowest BCUT2D eigenvalue weighted by molar-refractivity contribution is -0.118. The summed E-state index contributed by atoms with van der Waals surface area (Å²) in [4.78, 5) is 36.1. The molecule has 0 spiro atoms. The number of imidazole rings is 1. The van der Waals surface area contributed by atoms with Gasteiger partial charge in [0.2, 0.25) is 5.91 Å². The molecule has 1 aromatic carbocycles. The maximum atomic E-state index is 14.8. The third-order valence-corrected chi connectivity index (χ3v) is 7.94. The van der Waals surface area contributed by atoms with Crippen LogP contribution in [0, 0.1) is 11.7 Å². The molecule has 1 saturated heterocycles. The van der Waals surface area contributed by atoms with Gasteiger partial charge in [0.25, 0.3) is 0 Å². The van der Waals surface area contributed by atoms with E-state index in [9.17, 15) is 9.18 Å². The van der Waals surface area contributed by atoms with Crippen LogP contribution in [-0.4, -0.2) is 72.2 Å². The van der Waals surface area contributed by atoms with Gasteiger partial charge in [-0.2, -0.15) is 5.10 Å². The first-order valence-electron chi connectivity index (χ1n) is 15.0. The average Bonchev–Trinajstić information content (AvgIpc) is 3.80. The Labute approximate surface area is 258 Å². The molecule has 0 saturated carbocycles. The molecule has 6 aromatic rings. The number of H-pyrrole nitrogens is 2. The molecule has 1 amide bonds. The number of rotatable bonds is 9. The predicted molar refractivity (Wildman–Crippen MR) is 170 cm³/mol. The Balaban J connectivity index is 1.20. The summed E-state index contributed by atoms with van der Waals surface area (Å²) >= 11 is 0. The number of nitrogens with one attached hydrogen (secondary N) is 3. The van der Waals surface area contributed by atoms with Crippen molar-refractivity contribution in [3.63, 3.8) is 0 Å². The topological polar surface area (TPSA) is 138 Å². The lowest BCUT2D eigenvalue weighted by atomic mass is 10.1. The summed E-state index contributed by atoms with van der Waals surface area (Å²) in [5, 5.41) is 11.2. The van der Waals surface area contributed by atoms with E-state index in [2.05, 4.69) is 40.3 Å². The second kappa shape index (κ2) is 12.0. The largest absolute Gasteiger partial charge is 0.492 e. The number of aromatic nitrogens is 7. The highest BCUT2D eigenvalue weighted by Gasteiger charge is 2.18. The van der Waals surface area contributed by atoms with Crippen molar-refractivity contribution in [1.82, 2.24) is 40.0 Å². The van der Waals surface area contributed by atoms with Crippen LogP contribution >= 0.6 is 0 Å². The van der Waals surface area contributed by atoms with Gasteiger partial charge in [0.15, 0.2) is 11.5 Å². The predicted octanol–water partition coefficient (Wildman–Crippen LogP) is 5.83. The normalized spacial score (nSPS) is 13.7. The van der Waals surface area contributed by atoms with Crippen LogP contribution in [0.2, 0.25) is 0 Å². The fourth-order valence-electron chi connectivity index (χ4n) is 5.55. The monoisotopic (exact) mass is 605 g/mol. The molecule has 1 fully saturated rings. The van der Waals surface area contributed by atoms with Gasteiger partial charge >= 0.3 is 0 Å². The first kappa shape index (κ1) is 28.5. The molecule has 1 aliphatic rings. The molecule has 45 heavy (non-hydrogen) atoms. The van der Waals surface area contributed by atoms with Crippen molar-refractivity contribution in [3.05, 3.63) is 67.0 Å². The summed E-state index contributed by atoms with van der Waals surface area (Å²) in [7, 11) is 0. The number of likely N-dealkylation sites (tertiary alicyclic amines) is 1. The van der Waals surface area contributed by atoms with Gasteiger partial charge in [-0.15, -0.1) is 0 Å². The minimum atomic E-state index is -0.384. The summed E-state index contributed by atoms with van der Waals surface area (Å²) < 4.78 is 20.7. The van der Waals surface area contributed by atoms with Crippen molar-refractivity contribution in [1.29, 1.82) is 0 Å². The van der Waals surface area contributed by atoms with E-state index in [-0.39, 0.29) is 17.6 Å². The number of carbonyl (C=O) groups is 1. The molecule has 228 valence electrons. The Bertz CT molecular complexity index is 2010. The standard InChI is InChI=1S/C33H32FN9O2/c1-19(2)33(44)38-23-12-21(16-35-17-23)27-15-26-28(18-37-27)41-42-30(26)32-39-29-25(5-6-36-31(29)40-32)20-11-22(34)14-24(13-20)45-10-9-43-7-3-4-8-43/h5-6,11-19H,3-4,7-10H2,1-2H3,(H,38,44)(H,41,42)(H,36,39,40). The van der Waals surface area contributed by atoms with Gasteiger partial charge in [0, 0.05) is 47.4 Å². The summed E-state index contributed by atoms with van der Waals surface area (Å²) in [6.07, 6.45) is 9.09. The quantitative estimate of drug-likeness (QED) is 0.187. The van der Waals surface area contributed by atoms with E-state index in [1.807, 2.05) is 38.1 Å². The highest BCUT2D eigenvalue weighted by Crippen LogP contribution is 2.33. The molecule has 0 bridgehead atoms. The number of ether oxygens (including phenoxy) is 1. The summed E-state index contributed by atoms with van der Waals surface area (Å²) in [5.41, 5.74) is 5.80. The highest BCUT2D eigenvalue weighted by atomic mass is 19.1. The number of carbonyl (C=O) groups excluding carboxylic acids is 1. The SMILES string of the molecule is CC(C)C(=O)Nc1cncc(-c2cc3c(-c4nc5c(-c6cc(F)cc(OCCN7CCCC7)c6)ccnc5[nH]4)n[nH]c3cn2)c1. The molecule has 0 radical (unpaired) electrons. The second-order valence-electron chi connectivity index (χ2n) is 11.5. The number of amides is 1. The molecule has 12 heteroatoms. The summed E-state index contributed by atoms with van der Waals surface area (Å²) in [6.45, 7) is 7.15. The van der Waals surface area contributed by atoms with E-state index in [0.717, 1.165) is 41.7 Å². The van der Waals surface area contributed by atoms with Crippen LogP contribution in [0.4, 0.5) is 10.1 Å². The van der Waals surface area contributed by atoms with Crippen LogP contribution in [0.1, 0.15) is 26.7 Å². The molecule has 7 rings (SSSR count). The van der Waals surface area contributed by atoms with E-state index in [1.165, 1.54) is 25.0 Å². The molecule has 3 N–H and O–H groups in total. The fourth-order valence-corrected chi connectivity index (χ4v) is 5.55. The van der Waals surface area contributed by atoms with Crippen molar-refractivity contribution < 1.29 is 13.9 Å². The molecule has 6 heterocycles. The number of pyridine rings is 3. The molecule has 1 aliphatic heterocycles. The molecule has 11 nitrogen and oxygen atoms in total. The lowest BCUT2D eigenvalue weighted by Crippen LogP contribution is -2.25. The smallest absolute Gasteiger partial charge is 0.226 e. The number of aromatic amines is 2. The van der Waals surface area contributed by atoms with Crippen LogP contribution in [0.15, 0.2) is 61.2 Å². The number of nitrogens with zero attached hydrogens (tertiary/aromatic N) is 6. The maximum absolute atomic E-state index is 14.8. The van der Waals surface area contributed by atoms with Crippen LogP contribution < -0.4 is 10.1 Å². The van der Waals surface area contributed by atoms with Crippen molar-refractivity contribution in [2.24, 2.45) is 5.92 Å². The molecular weight excluding hydrogens is 573 g/mol. The Kier molecular flexibility index (Phi) is 7.64. The third-order valence-electron chi connectivity index (χ3n) is 7.94. The van der Waals surface area contributed by atoms with Crippen molar-refractivity contribution in [3.8, 4) is 39.7 Å². The summed E-state index contributed by atoms with van der Waals surface area (Å²) in [5.74, 6) is 0.349. The molecule has 0 aliphatic carbocycles. The van der Waals surface area contributed by atoms with Crippen molar-refractivity contribution in [2.75, 3.05) is 31.6 Å². The molecule has 0 unspecified atom stereocenters. The van der Waals surface area contributed by atoms with Crippen LogP contribution in [0.5, 0.6) is 5.75 Å². The van der Waals surface area contributed by atoms with Crippen molar-refractivity contribution >= 4 is 33.7 Å².